The van der Waals surface area contributed by atoms with Gasteiger partial charge in [0.1, 0.15) is 6.29 Å². The molecule has 68 valence electrons. The lowest BCUT2D eigenvalue weighted by molar-refractivity contribution is -0.142. The van der Waals surface area contributed by atoms with Crippen molar-refractivity contribution in [1.29, 1.82) is 0 Å². The molecule has 0 N–H and O–H groups in total. The average Bonchev–Trinajstić information content (AvgIpc) is 2.03. The quantitative estimate of drug-likeness (QED) is 0.547. The third-order valence-electron chi connectivity index (χ3n) is 4.59. The zero-order valence-corrected chi connectivity index (χ0v) is 8.21. The molecule has 2 bridgehead atoms. The number of carbonyl (C=O) groups is 1. The molecule has 0 amide bonds. The molecular formula is C11H18O. The molecule has 0 unspecified atom stereocenters. The first kappa shape index (κ1) is 8.28. The Kier molecular flexibility index (Phi) is 1.61. The Morgan fingerprint density at radius 1 is 1.33 bits per heavy atom. The van der Waals surface area contributed by atoms with Gasteiger partial charge < -0.3 is 4.79 Å². The van der Waals surface area contributed by atoms with Crippen LogP contribution in [-0.4, -0.2) is 6.29 Å². The van der Waals surface area contributed by atoms with Crippen molar-refractivity contribution in [2.45, 2.75) is 33.6 Å². The largest absolute Gasteiger partial charge is 0.303 e. The molecule has 12 heavy (non-hydrogen) atoms. The number of hydrogen-bond acceptors (Lipinski definition) is 1. The molecule has 0 aromatic heterocycles. The van der Waals surface area contributed by atoms with Crippen LogP contribution in [0.25, 0.3) is 0 Å². The number of hydrogen-bond donors (Lipinski definition) is 0. The van der Waals surface area contributed by atoms with Crippen LogP contribution in [0.1, 0.15) is 33.6 Å². The molecule has 3 aliphatic carbocycles. The molecule has 0 aliphatic heterocycles. The van der Waals surface area contributed by atoms with Gasteiger partial charge in [0.05, 0.1) is 0 Å². The van der Waals surface area contributed by atoms with Gasteiger partial charge in [0.2, 0.25) is 0 Å². The molecule has 4 atom stereocenters. The summed E-state index contributed by atoms with van der Waals surface area (Å²) in [7, 11) is 0. The first-order chi connectivity index (χ1) is 5.57. The third kappa shape index (κ3) is 0.826. The van der Waals surface area contributed by atoms with Crippen LogP contribution in [0.5, 0.6) is 0 Å². The summed E-state index contributed by atoms with van der Waals surface area (Å²) in [5.74, 6) is 2.63. The summed E-state index contributed by atoms with van der Waals surface area (Å²) in [6.45, 7) is 6.98. The topological polar surface area (TPSA) is 17.1 Å². The van der Waals surface area contributed by atoms with Gasteiger partial charge in [0.25, 0.3) is 0 Å². The molecule has 3 saturated carbocycles. The maximum atomic E-state index is 10.7. The molecular weight excluding hydrogens is 148 g/mol. The summed E-state index contributed by atoms with van der Waals surface area (Å²) in [4.78, 5) is 10.7. The monoisotopic (exact) mass is 166 g/mol. The molecule has 0 aromatic carbocycles. The minimum absolute atomic E-state index is 0.363. The zero-order valence-electron chi connectivity index (χ0n) is 8.21. The van der Waals surface area contributed by atoms with E-state index >= 15 is 0 Å². The lowest BCUT2D eigenvalue weighted by Crippen LogP contribution is -2.55. The lowest BCUT2D eigenvalue weighted by Gasteiger charge is -2.61. The van der Waals surface area contributed by atoms with Crippen LogP contribution in [0.2, 0.25) is 0 Å². The first-order valence-electron chi connectivity index (χ1n) is 5.02. The first-order valence-corrected chi connectivity index (χ1v) is 5.02. The van der Waals surface area contributed by atoms with Crippen molar-refractivity contribution in [3.05, 3.63) is 0 Å². The van der Waals surface area contributed by atoms with Crippen LogP contribution >= 0.6 is 0 Å². The maximum Gasteiger partial charge on any atom is 0.123 e. The molecule has 0 radical (unpaired) electrons. The second kappa shape index (κ2) is 2.34. The summed E-state index contributed by atoms with van der Waals surface area (Å²) in [5.41, 5.74) is 0.527. The Morgan fingerprint density at radius 3 is 2.42 bits per heavy atom. The third-order valence-corrected chi connectivity index (χ3v) is 4.59. The highest BCUT2D eigenvalue weighted by molar-refractivity contribution is 5.55. The molecule has 1 nitrogen and oxygen atoms in total. The van der Waals surface area contributed by atoms with Gasteiger partial charge >= 0.3 is 0 Å². The number of rotatable bonds is 1. The summed E-state index contributed by atoms with van der Waals surface area (Å²) in [5, 5.41) is 0. The van der Waals surface area contributed by atoms with Crippen LogP contribution < -0.4 is 0 Å². The Bertz CT molecular complexity index is 207. The molecule has 1 heteroatoms. The van der Waals surface area contributed by atoms with E-state index in [1.165, 1.54) is 12.7 Å². The fraction of sp³-hybridized carbons (Fsp3) is 0.909. The maximum absolute atomic E-state index is 10.7. The van der Waals surface area contributed by atoms with Crippen molar-refractivity contribution in [1.82, 2.24) is 0 Å². The predicted molar refractivity (Wildman–Crippen MR) is 48.7 cm³/mol. The lowest BCUT2D eigenvalue weighted by atomic mass is 9.44. The van der Waals surface area contributed by atoms with Crippen molar-refractivity contribution in [3.63, 3.8) is 0 Å². The Labute approximate surface area is 74.5 Å². The molecule has 3 fully saturated rings. The van der Waals surface area contributed by atoms with Gasteiger partial charge in [-0.05, 0) is 36.0 Å². The highest BCUT2D eigenvalue weighted by Crippen LogP contribution is 2.62. The predicted octanol–water partition coefficient (Wildman–Crippen LogP) is 2.50. The normalized spacial score (nSPS) is 49.6. The van der Waals surface area contributed by atoms with Gasteiger partial charge in [-0.15, -0.1) is 0 Å². The van der Waals surface area contributed by atoms with Gasteiger partial charge in [-0.25, -0.2) is 0 Å². The van der Waals surface area contributed by atoms with Crippen molar-refractivity contribution < 1.29 is 4.79 Å². The van der Waals surface area contributed by atoms with E-state index in [2.05, 4.69) is 20.8 Å². The molecule has 0 spiro atoms. The summed E-state index contributed by atoms with van der Waals surface area (Å²) in [6, 6.07) is 0. The fourth-order valence-electron chi connectivity index (χ4n) is 3.37. The number of carbonyl (C=O) groups excluding carboxylic acids is 1. The molecule has 3 aliphatic rings. The van der Waals surface area contributed by atoms with Gasteiger partial charge in [-0.2, -0.15) is 0 Å². The molecule has 0 heterocycles. The minimum atomic E-state index is 0.363. The Balaban J connectivity index is 2.16. The van der Waals surface area contributed by atoms with Gasteiger partial charge in [0.15, 0.2) is 0 Å². The van der Waals surface area contributed by atoms with Crippen LogP contribution in [-0.2, 0) is 4.79 Å². The zero-order chi connectivity index (χ0) is 8.93. The summed E-state index contributed by atoms with van der Waals surface area (Å²) >= 11 is 0. The van der Waals surface area contributed by atoms with E-state index in [1.807, 2.05) is 0 Å². The highest BCUT2D eigenvalue weighted by atomic mass is 16.1. The van der Waals surface area contributed by atoms with Crippen LogP contribution in [0.3, 0.4) is 0 Å². The smallest absolute Gasteiger partial charge is 0.123 e. The van der Waals surface area contributed by atoms with E-state index < -0.39 is 0 Å². The van der Waals surface area contributed by atoms with Crippen LogP contribution in [0.15, 0.2) is 0 Å². The van der Waals surface area contributed by atoms with E-state index in [9.17, 15) is 4.79 Å². The molecule has 0 aromatic rings. The van der Waals surface area contributed by atoms with E-state index in [0.29, 0.717) is 17.3 Å². The van der Waals surface area contributed by atoms with E-state index in [0.717, 1.165) is 18.3 Å². The van der Waals surface area contributed by atoms with E-state index in [1.54, 1.807) is 0 Å². The standard InChI is InChI=1S/C11H18O/c1-7-8(6-12)4-9-5-10(7)11(9,2)3/h6-10H,4-5H2,1-3H3/t7-,8-,9+,10+/m0/s1. The number of fused-ring (bicyclic) bond motifs is 2. The van der Waals surface area contributed by atoms with Gasteiger partial charge in [0, 0.05) is 5.92 Å². The average molecular weight is 166 g/mol. The molecule has 3 rings (SSSR count). The summed E-state index contributed by atoms with van der Waals surface area (Å²) in [6.07, 6.45) is 3.70. The van der Waals surface area contributed by atoms with Crippen LogP contribution in [0, 0.1) is 29.1 Å². The number of aldehydes is 1. The molecule has 0 saturated heterocycles. The fourth-order valence-corrected chi connectivity index (χ4v) is 3.37. The van der Waals surface area contributed by atoms with Crippen molar-refractivity contribution in [2.75, 3.05) is 0 Å². The van der Waals surface area contributed by atoms with Crippen molar-refractivity contribution in [2.24, 2.45) is 29.1 Å². The SMILES string of the molecule is C[C@H]1[C@H](C=O)C[C@@H]2C[C@H]1C2(C)C. The van der Waals surface area contributed by atoms with Crippen LogP contribution in [0.4, 0.5) is 0 Å². The van der Waals surface area contributed by atoms with Crippen molar-refractivity contribution >= 4 is 6.29 Å². The second-order valence-corrected chi connectivity index (χ2v) is 5.26. The Hall–Kier alpha value is -0.330. The van der Waals surface area contributed by atoms with Crippen molar-refractivity contribution in [3.8, 4) is 0 Å². The minimum Gasteiger partial charge on any atom is -0.303 e. The second-order valence-electron chi connectivity index (χ2n) is 5.26. The van der Waals surface area contributed by atoms with Gasteiger partial charge in [-0.1, -0.05) is 20.8 Å². The summed E-state index contributed by atoms with van der Waals surface area (Å²) < 4.78 is 0. The van der Waals surface area contributed by atoms with E-state index in [-0.39, 0.29) is 0 Å². The van der Waals surface area contributed by atoms with E-state index in [4.69, 9.17) is 0 Å². The van der Waals surface area contributed by atoms with Gasteiger partial charge in [-0.3, -0.25) is 0 Å². The Morgan fingerprint density at radius 2 is 2.00 bits per heavy atom. The highest BCUT2D eigenvalue weighted by Gasteiger charge is 2.55.